The van der Waals surface area contributed by atoms with Crippen molar-refractivity contribution in [3.63, 3.8) is 0 Å². The van der Waals surface area contributed by atoms with Gasteiger partial charge in [0.25, 0.3) is 10.1 Å². The molecule has 0 saturated heterocycles. The van der Waals surface area contributed by atoms with Gasteiger partial charge in [-0.2, -0.15) is 8.42 Å². The molecule has 0 amide bonds. The van der Waals surface area contributed by atoms with Crippen molar-refractivity contribution in [2.75, 3.05) is 6.79 Å². The normalized spacial score (nSPS) is 13.8. The molecule has 1 unspecified atom stereocenters. The molecule has 2 aromatic rings. The maximum absolute atomic E-state index is 12.5. The second kappa shape index (κ2) is 8.24. The van der Waals surface area contributed by atoms with Gasteiger partial charge in [0, 0.05) is 5.41 Å². The Bertz CT molecular complexity index is 718. The molecule has 0 radical (unpaired) electrons. The van der Waals surface area contributed by atoms with Crippen molar-refractivity contribution in [3.8, 4) is 0 Å². The molecule has 0 fully saturated rings. The van der Waals surface area contributed by atoms with Crippen LogP contribution in [-0.2, 0) is 18.7 Å². The zero-order valence-corrected chi connectivity index (χ0v) is 16.6. The molecule has 0 spiro atoms. The highest BCUT2D eigenvalue weighted by Crippen LogP contribution is 2.28. The topological polar surface area (TPSA) is 72.8 Å². The molecule has 7 heteroatoms. The van der Waals surface area contributed by atoms with E-state index in [9.17, 15) is 8.42 Å². The number of hydrogen-bond donors (Lipinski definition) is 1. The lowest BCUT2D eigenvalue weighted by molar-refractivity contribution is 0.0805. The SMILES string of the molecule is CC(C)(C)C(O[SiH](c1ccccc1)c1ccccc1)S(=O)(=O)OCO. The average molecular weight is 381 g/mol. The van der Waals surface area contributed by atoms with Crippen LogP contribution in [0.4, 0.5) is 0 Å². The molecule has 0 aromatic heterocycles. The molecule has 0 bridgehead atoms. The highest BCUT2D eigenvalue weighted by molar-refractivity contribution is 7.87. The minimum Gasteiger partial charge on any atom is -0.392 e. The molecule has 1 N–H and O–H groups in total. The largest absolute Gasteiger partial charge is 0.392 e. The lowest BCUT2D eigenvalue weighted by atomic mass is 9.98. The van der Waals surface area contributed by atoms with Gasteiger partial charge in [0.15, 0.2) is 12.2 Å². The molecule has 0 aliphatic heterocycles. The third-order valence-electron chi connectivity index (χ3n) is 3.65. The quantitative estimate of drug-likeness (QED) is 0.444. The van der Waals surface area contributed by atoms with Crippen LogP contribution in [0.5, 0.6) is 0 Å². The summed E-state index contributed by atoms with van der Waals surface area (Å²) in [6.07, 6.45) is 0. The first-order valence-corrected chi connectivity index (χ1v) is 11.1. The minimum absolute atomic E-state index is 0.719. The Morgan fingerprint density at radius 2 is 1.40 bits per heavy atom. The average Bonchev–Trinajstić information content (AvgIpc) is 2.55. The molecule has 0 saturated carbocycles. The number of aliphatic hydroxyl groups is 1. The predicted molar refractivity (Wildman–Crippen MR) is 101 cm³/mol. The second-order valence-corrected chi connectivity index (χ2v) is 10.8. The van der Waals surface area contributed by atoms with Gasteiger partial charge in [-0.3, -0.25) is 0 Å². The number of hydrogen-bond acceptors (Lipinski definition) is 5. The Morgan fingerprint density at radius 3 is 1.76 bits per heavy atom. The van der Waals surface area contributed by atoms with Crippen LogP contribution >= 0.6 is 0 Å². The fourth-order valence-corrected chi connectivity index (χ4v) is 7.08. The first-order valence-electron chi connectivity index (χ1n) is 8.00. The summed E-state index contributed by atoms with van der Waals surface area (Å²) >= 11 is 0. The van der Waals surface area contributed by atoms with Crippen molar-refractivity contribution in [1.29, 1.82) is 0 Å². The molecule has 1 atom stereocenters. The van der Waals surface area contributed by atoms with Gasteiger partial charge in [-0.05, 0) is 10.4 Å². The summed E-state index contributed by atoms with van der Waals surface area (Å²) in [4.78, 5) is 0. The van der Waals surface area contributed by atoms with Gasteiger partial charge in [0.05, 0.1) is 0 Å². The van der Waals surface area contributed by atoms with E-state index in [0.29, 0.717) is 0 Å². The molecular weight excluding hydrogens is 356 g/mol. The maximum Gasteiger partial charge on any atom is 0.296 e. The molecule has 5 nitrogen and oxygen atoms in total. The molecule has 2 rings (SSSR count). The van der Waals surface area contributed by atoms with Gasteiger partial charge < -0.3 is 9.53 Å². The van der Waals surface area contributed by atoms with Crippen molar-refractivity contribution in [3.05, 3.63) is 60.7 Å². The number of rotatable bonds is 7. The summed E-state index contributed by atoms with van der Waals surface area (Å²) < 4.78 is 35.8. The molecule has 0 heterocycles. The molecular formula is C18H24O5SSi. The standard InChI is InChI=1S/C18H24O5SSi/c1-18(2,3)17(24(20,21)22-14-19)23-25(15-10-6-4-7-11-15)16-12-8-5-9-13-16/h4-13,17,19,25H,14H2,1-3H3. The number of aliphatic hydroxyl groups excluding tert-OH is 1. The van der Waals surface area contributed by atoms with Crippen LogP contribution in [0, 0.1) is 5.41 Å². The smallest absolute Gasteiger partial charge is 0.296 e. The summed E-state index contributed by atoms with van der Waals surface area (Å²) in [6.45, 7) is 4.42. The zero-order valence-electron chi connectivity index (χ0n) is 14.6. The summed E-state index contributed by atoms with van der Waals surface area (Å²) in [5, 5.41) is 10.9. The van der Waals surface area contributed by atoms with Gasteiger partial charge in [-0.25, -0.2) is 4.18 Å². The molecule has 25 heavy (non-hydrogen) atoms. The second-order valence-electron chi connectivity index (χ2n) is 6.78. The third kappa shape index (κ3) is 5.23. The number of benzene rings is 2. The Kier molecular flexibility index (Phi) is 6.53. The summed E-state index contributed by atoms with van der Waals surface area (Å²) in [6, 6.07) is 19.2. The fraction of sp³-hybridized carbons (Fsp3) is 0.333. The Morgan fingerprint density at radius 1 is 0.960 bits per heavy atom. The van der Waals surface area contributed by atoms with Crippen LogP contribution in [0.3, 0.4) is 0 Å². The van der Waals surface area contributed by atoms with E-state index >= 15 is 0 Å². The van der Waals surface area contributed by atoms with Crippen LogP contribution in [0.15, 0.2) is 60.7 Å². The van der Waals surface area contributed by atoms with Crippen molar-refractivity contribution in [2.24, 2.45) is 5.41 Å². The monoisotopic (exact) mass is 380 g/mol. The molecule has 136 valence electrons. The summed E-state index contributed by atoms with van der Waals surface area (Å²) in [7, 11) is -6.35. The van der Waals surface area contributed by atoms with Crippen LogP contribution in [0.1, 0.15) is 20.8 Å². The zero-order chi connectivity index (χ0) is 18.5. The van der Waals surface area contributed by atoms with Crippen LogP contribution < -0.4 is 10.4 Å². The predicted octanol–water partition coefficient (Wildman–Crippen LogP) is 1.21. The van der Waals surface area contributed by atoms with E-state index in [1.54, 1.807) is 20.8 Å². The van der Waals surface area contributed by atoms with E-state index in [-0.39, 0.29) is 0 Å². The van der Waals surface area contributed by atoms with E-state index in [1.807, 2.05) is 60.7 Å². The maximum atomic E-state index is 12.5. The Hall–Kier alpha value is -1.51. The van der Waals surface area contributed by atoms with Gasteiger partial charge in [0.1, 0.15) is 0 Å². The van der Waals surface area contributed by atoms with Gasteiger partial charge in [-0.15, -0.1) is 0 Å². The van der Waals surface area contributed by atoms with Gasteiger partial charge in [0.2, 0.25) is 9.04 Å². The molecule has 0 aliphatic carbocycles. The molecule has 2 aromatic carbocycles. The van der Waals surface area contributed by atoms with Gasteiger partial charge in [-0.1, -0.05) is 81.4 Å². The van der Waals surface area contributed by atoms with Crippen LogP contribution in [0.25, 0.3) is 0 Å². The van der Waals surface area contributed by atoms with Crippen LogP contribution in [0.2, 0.25) is 0 Å². The first kappa shape index (κ1) is 19.8. The van der Waals surface area contributed by atoms with E-state index in [0.717, 1.165) is 10.4 Å². The van der Waals surface area contributed by atoms with E-state index < -0.39 is 36.8 Å². The van der Waals surface area contributed by atoms with E-state index in [1.165, 1.54) is 0 Å². The van der Waals surface area contributed by atoms with Crippen molar-refractivity contribution >= 4 is 29.5 Å². The highest BCUT2D eigenvalue weighted by atomic mass is 32.2. The minimum atomic E-state index is -4.08. The lowest BCUT2D eigenvalue weighted by Crippen LogP contribution is -2.52. The lowest BCUT2D eigenvalue weighted by Gasteiger charge is -2.33. The van der Waals surface area contributed by atoms with Crippen molar-refractivity contribution in [1.82, 2.24) is 0 Å². The van der Waals surface area contributed by atoms with Crippen LogP contribution in [-0.4, -0.2) is 34.8 Å². The fourth-order valence-electron chi connectivity index (χ4n) is 2.57. The highest BCUT2D eigenvalue weighted by Gasteiger charge is 2.40. The van der Waals surface area contributed by atoms with Crippen molar-refractivity contribution in [2.45, 2.75) is 26.2 Å². The van der Waals surface area contributed by atoms with E-state index in [4.69, 9.17) is 9.53 Å². The summed E-state index contributed by atoms with van der Waals surface area (Å²) in [5.74, 6) is 0. The van der Waals surface area contributed by atoms with Crippen molar-refractivity contribution < 1.29 is 22.1 Å². The Balaban J connectivity index is 2.47. The Labute approximate surface area is 151 Å². The third-order valence-corrected chi connectivity index (χ3v) is 8.15. The first-order chi connectivity index (χ1) is 11.8. The van der Waals surface area contributed by atoms with Gasteiger partial charge >= 0.3 is 0 Å². The molecule has 0 aliphatic rings. The summed E-state index contributed by atoms with van der Waals surface area (Å²) in [5.41, 5.74) is -1.91. The van der Waals surface area contributed by atoms with E-state index in [2.05, 4.69) is 4.18 Å².